The van der Waals surface area contributed by atoms with Gasteiger partial charge < -0.3 is 16.0 Å². The van der Waals surface area contributed by atoms with E-state index in [1.807, 2.05) is 11.8 Å². The number of hydrogen-bond donors (Lipinski definition) is 3. The van der Waals surface area contributed by atoms with Gasteiger partial charge in [-0.1, -0.05) is 6.92 Å². The zero-order valence-corrected chi connectivity index (χ0v) is 15.7. The predicted molar refractivity (Wildman–Crippen MR) is 104 cm³/mol. The van der Waals surface area contributed by atoms with E-state index in [-0.39, 0.29) is 29.5 Å². The smallest absolute Gasteiger partial charge is 0.227 e. The molecule has 0 saturated carbocycles. The van der Waals surface area contributed by atoms with Gasteiger partial charge in [-0.2, -0.15) is 0 Å². The monoisotopic (exact) mass is 382 g/mol. The highest BCUT2D eigenvalue weighted by Crippen LogP contribution is 2.36. The Morgan fingerprint density at radius 2 is 2.11 bits per heavy atom. The summed E-state index contributed by atoms with van der Waals surface area (Å²) in [6.07, 6.45) is 5.58. The van der Waals surface area contributed by atoms with E-state index < -0.39 is 5.82 Å². The maximum absolute atomic E-state index is 14.0. The summed E-state index contributed by atoms with van der Waals surface area (Å²) in [6, 6.07) is 3.06. The van der Waals surface area contributed by atoms with Crippen LogP contribution in [0, 0.1) is 17.1 Å². The Labute approximate surface area is 162 Å². The van der Waals surface area contributed by atoms with Gasteiger partial charge in [-0.3, -0.25) is 15.2 Å². The molecule has 0 radical (unpaired) electrons. The Bertz CT molecular complexity index is 946. The van der Waals surface area contributed by atoms with Gasteiger partial charge in [0.05, 0.1) is 29.7 Å². The summed E-state index contributed by atoms with van der Waals surface area (Å²) in [5.74, 6) is -0.316. The highest BCUT2D eigenvalue weighted by Gasteiger charge is 2.32. The molecule has 0 spiro atoms. The minimum atomic E-state index is -0.393. The number of nitrogens with zero attached hydrogens (tertiary/aromatic N) is 3. The van der Waals surface area contributed by atoms with E-state index in [1.54, 1.807) is 6.07 Å². The zero-order chi connectivity index (χ0) is 19.8. The lowest BCUT2D eigenvalue weighted by Crippen LogP contribution is -2.32. The number of hydrogen-bond acceptors (Lipinski definition) is 5. The number of pyridine rings is 2. The van der Waals surface area contributed by atoms with E-state index in [9.17, 15) is 9.18 Å². The molecule has 8 heteroatoms. The van der Waals surface area contributed by atoms with Gasteiger partial charge in [0.2, 0.25) is 5.91 Å². The number of anilines is 2. The normalized spacial score (nSPS) is 22.4. The highest BCUT2D eigenvalue weighted by atomic mass is 19.1. The van der Waals surface area contributed by atoms with Crippen LogP contribution in [0.5, 0.6) is 0 Å². The van der Waals surface area contributed by atoms with Crippen molar-refractivity contribution in [3.05, 3.63) is 47.2 Å². The standard InChI is InChI=1S/C20H23FN6O/c1-11-4-5-16-14(7-12(21)9-24-16)17-3-2-6-27(17)19(23)15-8-13(26-20(11)28)10-25-18(15)22/h7-11,17,23H,2-6H2,1H3,(H2,22,25)(H,26,28)/t11-,17-/m1/s1. The molecule has 1 amide bonds. The van der Waals surface area contributed by atoms with Crippen LogP contribution < -0.4 is 11.1 Å². The average molecular weight is 382 g/mol. The van der Waals surface area contributed by atoms with Gasteiger partial charge in [0.25, 0.3) is 0 Å². The lowest BCUT2D eigenvalue weighted by atomic mass is 9.96. The summed E-state index contributed by atoms with van der Waals surface area (Å²) in [5, 5.41) is 11.6. The summed E-state index contributed by atoms with van der Waals surface area (Å²) in [7, 11) is 0. The van der Waals surface area contributed by atoms with Gasteiger partial charge in [-0.05, 0) is 43.4 Å². The number of aromatic nitrogens is 2. The van der Waals surface area contributed by atoms with Crippen LogP contribution >= 0.6 is 0 Å². The van der Waals surface area contributed by atoms with E-state index in [1.165, 1.54) is 18.5 Å². The highest BCUT2D eigenvalue weighted by molar-refractivity contribution is 6.02. The van der Waals surface area contributed by atoms with Gasteiger partial charge in [0, 0.05) is 18.2 Å². The number of carbonyl (C=O) groups is 1. The first kappa shape index (κ1) is 18.3. The van der Waals surface area contributed by atoms with E-state index in [0.29, 0.717) is 30.6 Å². The summed E-state index contributed by atoms with van der Waals surface area (Å²) in [6.45, 7) is 2.53. The first-order valence-corrected chi connectivity index (χ1v) is 9.50. The Morgan fingerprint density at radius 1 is 1.29 bits per heavy atom. The summed E-state index contributed by atoms with van der Waals surface area (Å²) in [5.41, 5.74) is 8.58. The number of amides is 1. The molecular weight excluding hydrogens is 359 g/mol. The van der Waals surface area contributed by atoms with E-state index >= 15 is 0 Å². The summed E-state index contributed by atoms with van der Waals surface area (Å²) < 4.78 is 14.0. The van der Waals surface area contributed by atoms with Crippen LogP contribution in [0.4, 0.5) is 15.9 Å². The fraction of sp³-hybridized carbons (Fsp3) is 0.400. The van der Waals surface area contributed by atoms with Gasteiger partial charge >= 0.3 is 0 Å². The number of nitrogen functional groups attached to an aromatic ring is 1. The maximum atomic E-state index is 14.0. The zero-order valence-electron chi connectivity index (χ0n) is 15.7. The number of nitrogens with two attached hydrogens (primary N) is 1. The number of amidine groups is 1. The number of aryl methyl sites for hydroxylation is 1. The lowest BCUT2D eigenvalue weighted by molar-refractivity contribution is -0.119. The van der Waals surface area contributed by atoms with Crippen LogP contribution in [0.3, 0.4) is 0 Å². The third kappa shape index (κ3) is 3.30. The Morgan fingerprint density at radius 3 is 2.93 bits per heavy atom. The molecule has 0 aromatic carbocycles. The molecule has 4 N–H and O–H groups in total. The van der Waals surface area contributed by atoms with Crippen molar-refractivity contribution in [2.45, 2.75) is 38.6 Å². The van der Waals surface area contributed by atoms with Crippen molar-refractivity contribution in [2.75, 3.05) is 17.6 Å². The minimum Gasteiger partial charge on any atom is -0.383 e. The number of nitrogens with one attached hydrogen (secondary N) is 2. The molecule has 28 heavy (non-hydrogen) atoms. The lowest BCUT2D eigenvalue weighted by Gasteiger charge is -2.29. The molecule has 2 aliphatic rings. The fourth-order valence-corrected chi connectivity index (χ4v) is 3.98. The first-order chi connectivity index (χ1) is 13.4. The minimum absolute atomic E-state index is 0.132. The largest absolute Gasteiger partial charge is 0.383 e. The Kier molecular flexibility index (Phi) is 4.70. The predicted octanol–water partition coefficient (Wildman–Crippen LogP) is 2.88. The SMILES string of the molecule is C[C@@H]1CCc2ncc(F)cc2[C@H]2CCCN2C(=N)c2cc(cnc2N)NC1=O. The molecule has 2 atom stereocenters. The summed E-state index contributed by atoms with van der Waals surface area (Å²) >= 11 is 0. The van der Waals surface area contributed by atoms with Crippen molar-refractivity contribution >= 4 is 23.2 Å². The van der Waals surface area contributed by atoms with Crippen LogP contribution in [0.15, 0.2) is 24.5 Å². The van der Waals surface area contributed by atoms with Crippen molar-refractivity contribution in [1.29, 1.82) is 5.41 Å². The number of carbonyl (C=O) groups excluding carboxylic acids is 1. The molecule has 0 aliphatic carbocycles. The van der Waals surface area contributed by atoms with E-state index in [0.717, 1.165) is 24.1 Å². The number of halogens is 1. The molecule has 146 valence electrons. The van der Waals surface area contributed by atoms with Crippen LogP contribution in [-0.4, -0.2) is 33.2 Å². The molecule has 2 aromatic rings. The summed E-state index contributed by atoms with van der Waals surface area (Å²) in [4.78, 5) is 22.9. The molecule has 0 unspecified atom stereocenters. The molecule has 2 aromatic heterocycles. The number of rotatable bonds is 0. The first-order valence-electron chi connectivity index (χ1n) is 9.50. The van der Waals surface area contributed by atoms with E-state index in [2.05, 4.69) is 15.3 Å². The third-order valence-electron chi connectivity index (χ3n) is 5.57. The topological polar surface area (TPSA) is 108 Å². The maximum Gasteiger partial charge on any atom is 0.227 e. The third-order valence-corrected chi connectivity index (χ3v) is 5.57. The molecule has 1 saturated heterocycles. The van der Waals surface area contributed by atoms with Crippen LogP contribution in [-0.2, 0) is 11.2 Å². The van der Waals surface area contributed by atoms with Crippen molar-refractivity contribution in [2.24, 2.45) is 5.92 Å². The second kappa shape index (κ2) is 7.18. The average Bonchev–Trinajstić information content (AvgIpc) is 3.16. The van der Waals surface area contributed by atoms with Crippen molar-refractivity contribution in [1.82, 2.24) is 14.9 Å². The van der Waals surface area contributed by atoms with Gasteiger partial charge in [0.15, 0.2) is 0 Å². The van der Waals surface area contributed by atoms with Crippen LogP contribution in [0.25, 0.3) is 0 Å². The Hall–Kier alpha value is -3.03. The molecular formula is C20H23FN6O. The molecule has 1 fully saturated rings. The van der Waals surface area contributed by atoms with Crippen LogP contribution in [0.1, 0.15) is 49.0 Å². The fourth-order valence-electron chi connectivity index (χ4n) is 3.98. The molecule has 2 aliphatic heterocycles. The molecule has 4 heterocycles. The Balaban J connectivity index is 1.84. The molecule has 7 nitrogen and oxygen atoms in total. The van der Waals surface area contributed by atoms with Crippen molar-refractivity contribution < 1.29 is 9.18 Å². The van der Waals surface area contributed by atoms with Gasteiger partial charge in [-0.25, -0.2) is 9.37 Å². The quantitative estimate of drug-likeness (QED) is 0.649. The van der Waals surface area contributed by atoms with Crippen molar-refractivity contribution in [3.63, 3.8) is 0 Å². The second-order valence-electron chi connectivity index (χ2n) is 7.48. The van der Waals surface area contributed by atoms with Crippen LogP contribution in [0.2, 0.25) is 0 Å². The van der Waals surface area contributed by atoms with E-state index in [4.69, 9.17) is 11.1 Å². The molecule has 4 rings (SSSR count). The van der Waals surface area contributed by atoms with Gasteiger partial charge in [-0.15, -0.1) is 0 Å². The molecule has 2 bridgehead atoms. The second-order valence-corrected chi connectivity index (χ2v) is 7.48. The van der Waals surface area contributed by atoms with Gasteiger partial charge in [0.1, 0.15) is 17.5 Å². The number of fused-ring (bicyclic) bond motifs is 5. The van der Waals surface area contributed by atoms with Crippen molar-refractivity contribution in [3.8, 4) is 0 Å².